The van der Waals surface area contributed by atoms with E-state index in [0.717, 1.165) is 31.6 Å². The van der Waals surface area contributed by atoms with Crippen LogP contribution in [-0.2, 0) is 10.1 Å². The van der Waals surface area contributed by atoms with E-state index in [1.54, 1.807) is 30.3 Å². The fraction of sp³-hybridized carbons (Fsp3) is 0.286. The van der Waals surface area contributed by atoms with Crippen molar-refractivity contribution in [2.24, 2.45) is 0 Å². The minimum absolute atomic E-state index is 0.0457. The van der Waals surface area contributed by atoms with Crippen molar-refractivity contribution in [2.75, 3.05) is 26.2 Å². The molecular formula is C14H18N2O3S. The minimum atomic E-state index is -4.13. The fourth-order valence-corrected chi connectivity index (χ4v) is 2.74. The van der Waals surface area contributed by atoms with Crippen LogP contribution in [-0.4, -0.2) is 39.1 Å². The molecule has 2 aromatic carbocycles. The zero-order chi connectivity index (χ0) is 14.4. The second-order valence-electron chi connectivity index (χ2n) is 4.45. The van der Waals surface area contributed by atoms with Crippen molar-refractivity contribution in [2.45, 2.75) is 4.90 Å². The lowest BCUT2D eigenvalue weighted by atomic mass is 10.1. The molecule has 1 aliphatic rings. The summed E-state index contributed by atoms with van der Waals surface area (Å²) in [5.41, 5.74) is 0. The van der Waals surface area contributed by atoms with Gasteiger partial charge in [0.05, 0.1) is 0 Å². The molecule has 20 heavy (non-hydrogen) atoms. The molecule has 2 aromatic rings. The lowest BCUT2D eigenvalue weighted by Gasteiger charge is -2.11. The van der Waals surface area contributed by atoms with Crippen LogP contribution in [0.4, 0.5) is 0 Å². The zero-order valence-electron chi connectivity index (χ0n) is 11.0. The standard InChI is InChI=1S/C10H8O3S.C4H10N2/c11-14(12,13)10-7-3-5-8-4-1-2-6-9(8)10;1-2-6-4-3-5-1/h1-7H,(H,11,12,13);5-6H,1-4H2. The van der Waals surface area contributed by atoms with Gasteiger partial charge < -0.3 is 10.6 Å². The summed E-state index contributed by atoms with van der Waals surface area (Å²) >= 11 is 0. The first kappa shape index (κ1) is 14.9. The first-order valence-electron chi connectivity index (χ1n) is 6.46. The van der Waals surface area contributed by atoms with Crippen molar-refractivity contribution in [1.82, 2.24) is 10.6 Å². The molecule has 0 unspecified atom stereocenters. The quantitative estimate of drug-likeness (QED) is 0.690. The molecule has 3 rings (SSSR count). The van der Waals surface area contributed by atoms with Crippen LogP contribution in [0.5, 0.6) is 0 Å². The van der Waals surface area contributed by atoms with Crippen molar-refractivity contribution in [3.63, 3.8) is 0 Å². The van der Waals surface area contributed by atoms with Crippen molar-refractivity contribution in [1.29, 1.82) is 0 Å². The summed E-state index contributed by atoms with van der Waals surface area (Å²) in [6.07, 6.45) is 0. The van der Waals surface area contributed by atoms with Gasteiger partial charge in [-0.05, 0) is 11.5 Å². The van der Waals surface area contributed by atoms with E-state index in [1.807, 2.05) is 6.07 Å². The van der Waals surface area contributed by atoms with Gasteiger partial charge >= 0.3 is 0 Å². The number of benzene rings is 2. The van der Waals surface area contributed by atoms with Crippen LogP contribution in [0.2, 0.25) is 0 Å². The Balaban J connectivity index is 0.000000205. The molecule has 0 spiro atoms. The van der Waals surface area contributed by atoms with Crippen LogP contribution in [0.15, 0.2) is 47.4 Å². The van der Waals surface area contributed by atoms with Gasteiger partial charge in [-0.2, -0.15) is 8.42 Å². The molecule has 1 saturated heterocycles. The fourth-order valence-electron chi connectivity index (χ4n) is 2.02. The summed E-state index contributed by atoms with van der Waals surface area (Å²) in [5, 5.41) is 7.78. The van der Waals surface area contributed by atoms with Gasteiger partial charge in [0.15, 0.2) is 0 Å². The molecule has 1 aliphatic heterocycles. The second kappa shape index (κ2) is 6.81. The Morgan fingerprint density at radius 1 is 0.850 bits per heavy atom. The Kier molecular flexibility index (Phi) is 5.08. The lowest BCUT2D eigenvalue weighted by Crippen LogP contribution is -2.39. The summed E-state index contributed by atoms with van der Waals surface area (Å²) in [7, 11) is -4.13. The summed E-state index contributed by atoms with van der Waals surface area (Å²) in [4.78, 5) is -0.0457. The van der Waals surface area contributed by atoms with E-state index in [1.165, 1.54) is 6.07 Å². The molecule has 0 bridgehead atoms. The lowest BCUT2D eigenvalue weighted by molar-refractivity contribution is 0.484. The van der Waals surface area contributed by atoms with E-state index in [9.17, 15) is 8.42 Å². The molecule has 3 N–H and O–H groups in total. The van der Waals surface area contributed by atoms with E-state index in [0.29, 0.717) is 5.39 Å². The average Bonchev–Trinajstić information content (AvgIpc) is 2.48. The van der Waals surface area contributed by atoms with Crippen molar-refractivity contribution in [3.8, 4) is 0 Å². The molecule has 0 amide bonds. The highest BCUT2D eigenvalue weighted by molar-refractivity contribution is 7.86. The molecule has 0 atom stereocenters. The topological polar surface area (TPSA) is 78.4 Å². The minimum Gasteiger partial charge on any atom is -0.314 e. The van der Waals surface area contributed by atoms with Crippen molar-refractivity contribution in [3.05, 3.63) is 42.5 Å². The van der Waals surface area contributed by atoms with E-state index in [2.05, 4.69) is 10.6 Å². The number of fused-ring (bicyclic) bond motifs is 1. The number of hydrogen-bond donors (Lipinski definition) is 3. The third kappa shape index (κ3) is 4.01. The molecule has 1 fully saturated rings. The van der Waals surface area contributed by atoms with Crippen LogP contribution >= 0.6 is 0 Å². The third-order valence-corrected chi connectivity index (χ3v) is 3.90. The smallest absolute Gasteiger partial charge is 0.295 e. The van der Waals surface area contributed by atoms with Gasteiger partial charge in [-0.15, -0.1) is 0 Å². The summed E-state index contributed by atoms with van der Waals surface area (Å²) in [6.45, 7) is 4.56. The number of hydrogen-bond acceptors (Lipinski definition) is 4. The Hall–Kier alpha value is -1.47. The maximum Gasteiger partial charge on any atom is 0.295 e. The van der Waals surface area contributed by atoms with Gasteiger partial charge in [0.1, 0.15) is 4.90 Å². The normalized spacial score (nSPS) is 15.4. The van der Waals surface area contributed by atoms with E-state index >= 15 is 0 Å². The van der Waals surface area contributed by atoms with E-state index in [-0.39, 0.29) is 4.90 Å². The Bertz CT molecular complexity index is 650. The maximum absolute atomic E-state index is 11.0. The summed E-state index contributed by atoms with van der Waals surface area (Å²) < 4.78 is 31.0. The molecular weight excluding hydrogens is 276 g/mol. The number of rotatable bonds is 1. The molecule has 5 nitrogen and oxygen atoms in total. The third-order valence-electron chi connectivity index (χ3n) is 2.98. The first-order chi connectivity index (χ1) is 9.59. The maximum atomic E-state index is 11.0. The molecule has 0 aromatic heterocycles. The Labute approximate surface area is 118 Å². The predicted octanol–water partition coefficient (Wildman–Crippen LogP) is 1.27. The molecule has 6 heteroatoms. The molecule has 1 heterocycles. The van der Waals surface area contributed by atoms with Crippen LogP contribution < -0.4 is 10.6 Å². The summed E-state index contributed by atoms with van der Waals surface area (Å²) in [6, 6.07) is 11.8. The average molecular weight is 294 g/mol. The Morgan fingerprint density at radius 2 is 1.40 bits per heavy atom. The Morgan fingerprint density at radius 3 is 1.95 bits per heavy atom. The monoisotopic (exact) mass is 294 g/mol. The SMILES string of the molecule is C1CNCCN1.O=S(=O)(O)c1cccc2ccccc12. The molecule has 0 saturated carbocycles. The predicted molar refractivity (Wildman–Crippen MR) is 79.5 cm³/mol. The van der Waals surface area contributed by atoms with Crippen LogP contribution in [0.25, 0.3) is 10.8 Å². The van der Waals surface area contributed by atoms with Gasteiger partial charge in [0.2, 0.25) is 0 Å². The van der Waals surface area contributed by atoms with Gasteiger partial charge in [0.25, 0.3) is 10.1 Å². The molecule has 108 valence electrons. The molecule has 0 aliphatic carbocycles. The highest BCUT2D eigenvalue weighted by Gasteiger charge is 2.12. The summed E-state index contributed by atoms with van der Waals surface area (Å²) in [5.74, 6) is 0. The highest BCUT2D eigenvalue weighted by Crippen LogP contribution is 2.21. The number of piperazine rings is 1. The van der Waals surface area contributed by atoms with Gasteiger partial charge in [-0.1, -0.05) is 36.4 Å². The van der Waals surface area contributed by atoms with E-state index < -0.39 is 10.1 Å². The van der Waals surface area contributed by atoms with Gasteiger partial charge in [-0.25, -0.2) is 0 Å². The van der Waals surface area contributed by atoms with Crippen LogP contribution in [0.1, 0.15) is 0 Å². The molecule has 0 radical (unpaired) electrons. The largest absolute Gasteiger partial charge is 0.314 e. The van der Waals surface area contributed by atoms with E-state index in [4.69, 9.17) is 4.55 Å². The zero-order valence-corrected chi connectivity index (χ0v) is 11.9. The second-order valence-corrected chi connectivity index (χ2v) is 5.84. The number of nitrogens with one attached hydrogen (secondary N) is 2. The van der Waals surface area contributed by atoms with Crippen LogP contribution in [0, 0.1) is 0 Å². The van der Waals surface area contributed by atoms with Gasteiger partial charge in [0, 0.05) is 31.6 Å². The van der Waals surface area contributed by atoms with Gasteiger partial charge in [-0.3, -0.25) is 4.55 Å². The van der Waals surface area contributed by atoms with Crippen LogP contribution in [0.3, 0.4) is 0 Å². The van der Waals surface area contributed by atoms with Crippen molar-refractivity contribution < 1.29 is 13.0 Å². The highest BCUT2D eigenvalue weighted by atomic mass is 32.2. The van der Waals surface area contributed by atoms with Crippen molar-refractivity contribution >= 4 is 20.9 Å². The first-order valence-corrected chi connectivity index (χ1v) is 7.90.